The van der Waals surface area contributed by atoms with Gasteiger partial charge in [0, 0.05) is 28.2 Å². The van der Waals surface area contributed by atoms with Crippen LogP contribution in [0.4, 0.5) is 10.1 Å². The van der Waals surface area contributed by atoms with Crippen LogP contribution in [0.25, 0.3) is 0 Å². The van der Waals surface area contributed by atoms with Crippen LogP contribution in [0.5, 0.6) is 5.75 Å². The molecular weight excluding hydrogens is 592 g/mol. The zero-order valence-corrected chi connectivity index (χ0v) is 25.4. The Hall–Kier alpha value is -3.34. The number of carbonyl (C=O) groups excluding carboxylic acids is 2. The van der Waals surface area contributed by atoms with Crippen molar-refractivity contribution >= 4 is 50.7 Å². The Morgan fingerprint density at radius 1 is 0.951 bits per heavy atom. The minimum Gasteiger partial charge on any atom is -0.494 e. The van der Waals surface area contributed by atoms with Crippen LogP contribution < -0.4 is 14.4 Å². The number of ether oxygens (including phenoxy) is 1. The van der Waals surface area contributed by atoms with Crippen LogP contribution in [0, 0.1) is 5.82 Å². The summed E-state index contributed by atoms with van der Waals surface area (Å²) >= 11 is 12.8. The van der Waals surface area contributed by atoms with Gasteiger partial charge in [-0.3, -0.25) is 13.9 Å². The van der Waals surface area contributed by atoms with Gasteiger partial charge in [-0.1, -0.05) is 29.3 Å². The minimum atomic E-state index is -4.35. The highest BCUT2D eigenvalue weighted by Gasteiger charge is 2.33. The molecule has 3 aromatic carbocycles. The summed E-state index contributed by atoms with van der Waals surface area (Å²) in [5, 5.41) is 3.35. The van der Waals surface area contributed by atoms with Crippen LogP contribution in [0.3, 0.4) is 0 Å². The average molecular weight is 625 g/mol. The van der Waals surface area contributed by atoms with E-state index in [2.05, 4.69) is 5.32 Å². The third-order valence-electron chi connectivity index (χ3n) is 6.10. The van der Waals surface area contributed by atoms with E-state index in [0.717, 1.165) is 28.6 Å². The van der Waals surface area contributed by atoms with Gasteiger partial charge in [0.1, 0.15) is 24.2 Å². The van der Waals surface area contributed by atoms with Crippen molar-refractivity contribution in [1.82, 2.24) is 10.2 Å². The summed E-state index contributed by atoms with van der Waals surface area (Å²) in [5.74, 6) is -1.23. The van der Waals surface area contributed by atoms with Gasteiger partial charge in [-0.15, -0.1) is 0 Å². The molecule has 0 aliphatic carbocycles. The molecule has 0 radical (unpaired) electrons. The Balaban J connectivity index is 2.07. The molecule has 0 heterocycles. The number of halogens is 3. The van der Waals surface area contributed by atoms with Crippen LogP contribution in [-0.4, -0.2) is 50.4 Å². The maximum absolute atomic E-state index is 14.0. The minimum absolute atomic E-state index is 0.155. The summed E-state index contributed by atoms with van der Waals surface area (Å²) in [6, 6.07) is 14.1. The standard InChI is InChI=1S/C29H32Cl2FN3O5S/c1-5-40-23-13-11-22(12-14-23)35(41(38,39)24-15-9-21(32)10-16-24)18-28(36)34(20(4)29(37)33-19(2)3)17-25-26(30)7-6-8-27(25)31/h6-16,19-20H,5,17-18H2,1-4H3,(H,33,37)/t20-/m0/s1. The molecule has 3 aromatic rings. The fourth-order valence-electron chi connectivity index (χ4n) is 3.98. The normalized spacial score (nSPS) is 12.1. The largest absolute Gasteiger partial charge is 0.494 e. The van der Waals surface area contributed by atoms with Gasteiger partial charge in [0.15, 0.2) is 0 Å². The number of carbonyl (C=O) groups is 2. The van der Waals surface area contributed by atoms with E-state index in [1.807, 2.05) is 6.92 Å². The number of amides is 2. The molecule has 0 saturated carbocycles. The fraction of sp³-hybridized carbons (Fsp3) is 0.310. The van der Waals surface area contributed by atoms with E-state index in [9.17, 15) is 22.4 Å². The monoisotopic (exact) mass is 623 g/mol. The van der Waals surface area contributed by atoms with Crippen molar-refractivity contribution in [1.29, 1.82) is 0 Å². The molecule has 0 aromatic heterocycles. The predicted octanol–water partition coefficient (Wildman–Crippen LogP) is 5.67. The van der Waals surface area contributed by atoms with Crippen molar-refractivity contribution in [3.05, 3.63) is 88.2 Å². The van der Waals surface area contributed by atoms with Crippen molar-refractivity contribution in [2.45, 2.75) is 51.2 Å². The summed E-state index contributed by atoms with van der Waals surface area (Å²) in [4.78, 5) is 28.0. The number of nitrogens with one attached hydrogen (secondary N) is 1. The molecule has 0 aliphatic rings. The first-order chi connectivity index (χ1) is 19.3. The molecule has 0 bridgehead atoms. The molecule has 8 nitrogen and oxygen atoms in total. The summed E-state index contributed by atoms with van der Waals surface area (Å²) in [7, 11) is -4.35. The van der Waals surface area contributed by atoms with E-state index in [4.69, 9.17) is 27.9 Å². The van der Waals surface area contributed by atoms with Crippen LogP contribution in [-0.2, 0) is 26.2 Å². The number of hydrogen-bond donors (Lipinski definition) is 1. The number of anilines is 1. The molecule has 0 unspecified atom stereocenters. The first kappa shape index (κ1) is 32.2. The van der Waals surface area contributed by atoms with E-state index < -0.39 is 40.2 Å². The van der Waals surface area contributed by atoms with Crippen molar-refractivity contribution in [2.24, 2.45) is 0 Å². The van der Waals surface area contributed by atoms with E-state index in [1.54, 1.807) is 44.2 Å². The van der Waals surface area contributed by atoms with Gasteiger partial charge in [0.25, 0.3) is 10.0 Å². The second-order valence-corrected chi connectivity index (χ2v) is 12.1. The maximum atomic E-state index is 14.0. The lowest BCUT2D eigenvalue weighted by atomic mass is 10.1. The number of nitrogens with zero attached hydrogens (tertiary/aromatic N) is 2. The quantitative estimate of drug-likeness (QED) is 0.280. The number of rotatable bonds is 12. The Labute approximate surface area is 250 Å². The Morgan fingerprint density at radius 3 is 2.07 bits per heavy atom. The van der Waals surface area contributed by atoms with Gasteiger partial charge in [0.05, 0.1) is 17.2 Å². The molecule has 12 heteroatoms. The van der Waals surface area contributed by atoms with Crippen LogP contribution >= 0.6 is 23.2 Å². The maximum Gasteiger partial charge on any atom is 0.264 e. The number of hydrogen-bond acceptors (Lipinski definition) is 5. The van der Waals surface area contributed by atoms with Crippen molar-refractivity contribution in [3.8, 4) is 5.75 Å². The molecule has 2 amide bonds. The zero-order chi connectivity index (χ0) is 30.3. The van der Waals surface area contributed by atoms with Gasteiger partial charge in [0.2, 0.25) is 11.8 Å². The second-order valence-electron chi connectivity index (χ2n) is 9.45. The SMILES string of the molecule is CCOc1ccc(N(CC(=O)N(Cc2c(Cl)cccc2Cl)[C@@H](C)C(=O)NC(C)C)S(=O)(=O)c2ccc(F)cc2)cc1. The summed E-state index contributed by atoms with van der Waals surface area (Å²) in [6.45, 7) is 6.50. The summed E-state index contributed by atoms with van der Waals surface area (Å²) in [6.07, 6.45) is 0. The van der Waals surface area contributed by atoms with E-state index >= 15 is 0 Å². The van der Waals surface area contributed by atoms with Gasteiger partial charge < -0.3 is 15.0 Å². The van der Waals surface area contributed by atoms with E-state index in [1.165, 1.54) is 24.0 Å². The molecule has 0 saturated heterocycles. The highest BCUT2D eigenvalue weighted by molar-refractivity contribution is 7.92. The fourth-order valence-corrected chi connectivity index (χ4v) is 5.91. The van der Waals surface area contributed by atoms with Crippen LogP contribution in [0.1, 0.15) is 33.3 Å². The van der Waals surface area contributed by atoms with E-state index in [0.29, 0.717) is 17.9 Å². The summed E-state index contributed by atoms with van der Waals surface area (Å²) in [5.41, 5.74) is 0.573. The van der Waals surface area contributed by atoms with Crippen LogP contribution in [0.2, 0.25) is 10.0 Å². The highest BCUT2D eigenvalue weighted by atomic mass is 35.5. The smallest absolute Gasteiger partial charge is 0.264 e. The van der Waals surface area contributed by atoms with Gasteiger partial charge in [-0.25, -0.2) is 12.8 Å². The number of sulfonamides is 1. The highest BCUT2D eigenvalue weighted by Crippen LogP contribution is 2.29. The zero-order valence-electron chi connectivity index (χ0n) is 23.1. The molecule has 1 N–H and O–H groups in total. The third kappa shape index (κ3) is 8.12. The average Bonchev–Trinajstić information content (AvgIpc) is 2.91. The van der Waals surface area contributed by atoms with Crippen molar-refractivity contribution < 1.29 is 27.1 Å². The topological polar surface area (TPSA) is 96.0 Å². The predicted molar refractivity (Wildman–Crippen MR) is 158 cm³/mol. The molecule has 0 aliphatic heterocycles. The molecule has 220 valence electrons. The first-order valence-electron chi connectivity index (χ1n) is 12.9. The Bertz CT molecular complexity index is 1450. The number of benzene rings is 3. The van der Waals surface area contributed by atoms with Gasteiger partial charge in [-0.05, 0) is 88.4 Å². The summed E-state index contributed by atoms with van der Waals surface area (Å²) < 4.78 is 47.6. The molecule has 3 rings (SSSR count). The lowest BCUT2D eigenvalue weighted by Gasteiger charge is -2.32. The third-order valence-corrected chi connectivity index (χ3v) is 8.60. The van der Waals surface area contributed by atoms with Gasteiger partial charge in [-0.2, -0.15) is 0 Å². The van der Waals surface area contributed by atoms with Crippen LogP contribution in [0.15, 0.2) is 71.6 Å². The van der Waals surface area contributed by atoms with E-state index in [-0.39, 0.29) is 33.2 Å². The van der Waals surface area contributed by atoms with Crippen molar-refractivity contribution in [2.75, 3.05) is 17.5 Å². The Kier molecular flexibility index (Phi) is 11.0. The lowest BCUT2D eigenvalue weighted by Crippen LogP contribution is -2.52. The molecular formula is C29H32Cl2FN3O5S. The second kappa shape index (κ2) is 14.0. The lowest BCUT2D eigenvalue weighted by molar-refractivity contribution is -0.139. The molecule has 0 spiro atoms. The van der Waals surface area contributed by atoms with Crippen molar-refractivity contribution in [3.63, 3.8) is 0 Å². The molecule has 41 heavy (non-hydrogen) atoms. The molecule has 0 fully saturated rings. The van der Waals surface area contributed by atoms with Gasteiger partial charge >= 0.3 is 0 Å². The Morgan fingerprint density at radius 2 is 1.54 bits per heavy atom. The molecule has 1 atom stereocenters. The first-order valence-corrected chi connectivity index (χ1v) is 15.1.